The lowest BCUT2D eigenvalue weighted by molar-refractivity contribution is -0.137. The first-order chi connectivity index (χ1) is 9.38. The standard InChI is InChI=1S/C15H22F3NO/c1-4-19-14(9-11(2)10-20-3)12-5-7-13(8-6-12)15(16,17)18/h5-8,11,14,19H,4,9-10H2,1-3H3. The molecule has 5 heteroatoms. The van der Waals surface area contributed by atoms with Gasteiger partial charge in [-0.25, -0.2) is 0 Å². The zero-order valence-electron chi connectivity index (χ0n) is 12.1. The Bertz CT molecular complexity index is 389. The van der Waals surface area contributed by atoms with E-state index in [1.54, 1.807) is 19.2 Å². The van der Waals surface area contributed by atoms with Gasteiger partial charge in [-0.3, -0.25) is 0 Å². The summed E-state index contributed by atoms with van der Waals surface area (Å²) in [4.78, 5) is 0. The Balaban J connectivity index is 2.81. The summed E-state index contributed by atoms with van der Waals surface area (Å²) in [5.74, 6) is 0.339. The molecule has 0 aliphatic rings. The molecule has 0 saturated heterocycles. The van der Waals surface area contributed by atoms with Gasteiger partial charge in [-0.2, -0.15) is 13.2 Å². The van der Waals surface area contributed by atoms with E-state index in [-0.39, 0.29) is 6.04 Å². The highest BCUT2D eigenvalue weighted by molar-refractivity contribution is 5.26. The molecule has 0 fully saturated rings. The second-order valence-electron chi connectivity index (χ2n) is 5.03. The third kappa shape index (κ3) is 5.13. The summed E-state index contributed by atoms with van der Waals surface area (Å²) in [6.07, 6.45) is -3.46. The Morgan fingerprint density at radius 2 is 1.80 bits per heavy atom. The van der Waals surface area contributed by atoms with Crippen molar-refractivity contribution in [3.63, 3.8) is 0 Å². The lowest BCUT2D eigenvalue weighted by atomic mass is 9.95. The lowest BCUT2D eigenvalue weighted by Crippen LogP contribution is -2.24. The van der Waals surface area contributed by atoms with Gasteiger partial charge in [-0.15, -0.1) is 0 Å². The molecule has 0 aliphatic carbocycles. The summed E-state index contributed by atoms with van der Waals surface area (Å²) < 4.78 is 42.7. The fourth-order valence-electron chi connectivity index (χ4n) is 2.24. The van der Waals surface area contributed by atoms with Gasteiger partial charge in [0.15, 0.2) is 0 Å². The molecular weight excluding hydrogens is 267 g/mol. The van der Waals surface area contributed by atoms with Gasteiger partial charge in [0, 0.05) is 19.8 Å². The minimum atomic E-state index is -4.28. The SMILES string of the molecule is CCNC(CC(C)COC)c1ccc(C(F)(F)F)cc1. The fraction of sp³-hybridized carbons (Fsp3) is 0.600. The van der Waals surface area contributed by atoms with Crippen molar-refractivity contribution in [1.82, 2.24) is 5.32 Å². The van der Waals surface area contributed by atoms with Gasteiger partial charge in [-0.05, 0) is 36.6 Å². The van der Waals surface area contributed by atoms with Crippen LogP contribution in [0.4, 0.5) is 13.2 Å². The number of halogens is 3. The van der Waals surface area contributed by atoms with Crippen molar-refractivity contribution in [3.8, 4) is 0 Å². The normalized spacial score (nSPS) is 15.1. The van der Waals surface area contributed by atoms with E-state index in [1.165, 1.54) is 0 Å². The maximum atomic E-state index is 12.5. The van der Waals surface area contributed by atoms with E-state index in [0.29, 0.717) is 12.5 Å². The molecule has 1 aromatic carbocycles. The molecule has 0 radical (unpaired) electrons. The van der Waals surface area contributed by atoms with E-state index in [9.17, 15) is 13.2 Å². The Labute approximate surface area is 118 Å². The van der Waals surface area contributed by atoms with Gasteiger partial charge in [-0.1, -0.05) is 26.0 Å². The van der Waals surface area contributed by atoms with Crippen LogP contribution in [-0.2, 0) is 10.9 Å². The van der Waals surface area contributed by atoms with Crippen molar-refractivity contribution in [2.45, 2.75) is 32.5 Å². The van der Waals surface area contributed by atoms with E-state index < -0.39 is 11.7 Å². The summed E-state index contributed by atoms with van der Waals surface area (Å²) in [6.45, 7) is 5.46. The highest BCUT2D eigenvalue weighted by atomic mass is 19.4. The Morgan fingerprint density at radius 1 is 1.20 bits per heavy atom. The van der Waals surface area contributed by atoms with Gasteiger partial charge in [0.1, 0.15) is 0 Å². The summed E-state index contributed by atoms with van der Waals surface area (Å²) in [7, 11) is 1.65. The molecule has 0 spiro atoms. The molecule has 1 N–H and O–H groups in total. The van der Waals surface area contributed by atoms with Gasteiger partial charge in [0.05, 0.1) is 5.56 Å². The topological polar surface area (TPSA) is 21.3 Å². The number of ether oxygens (including phenoxy) is 1. The van der Waals surface area contributed by atoms with E-state index in [1.807, 2.05) is 6.92 Å². The average Bonchev–Trinajstić information content (AvgIpc) is 2.38. The third-order valence-corrected chi connectivity index (χ3v) is 3.18. The molecule has 1 aromatic rings. The number of hydrogen-bond acceptors (Lipinski definition) is 2. The molecule has 0 aromatic heterocycles. The Hall–Kier alpha value is -1.07. The second-order valence-corrected chi connectivity index (χ2v) is 5.03. The van der Waals surface area contributed by atoms with Crippen LogP contribution >= 0.6 is 0 Å². The Morgan fingerprint density at radius 3 is 2.25 bits per heavy atom. The van der Waals surface area contributed by atoms with Gasteiger partial charge in [0.25, 0.3) is 0 Å². The van der Waals surface area contributed by atoms with E-state index in [2.05, 4.69) is 12.2 Å². The van der Waals surface area contributed by atoms with Gasteiger partial charge >= 0.3 is 6.18 Å². The highest BCUT2D eigenvalue weighted by Crippen LogP contribution is 2.30. The van der Waals surface area contributed by atoms with Crippen LogP contribution in [0.15, 0.2) is 24.3 Å². The molecule has 0 amide bonds. The second kappa shape index (κ2) is 7.64. The van der Waals surface area contributed by atoms with Crippen LogP contribution in [-0.4, -0.2) is 20.3 Å². The van der Waals surface area contributed by atoms with Crippen molar-refractivity contribution in [2.24, 2.45) is 5.92 Å². The minimum absolute atomic E-state index is 0.0485. The van der Waals surface area contributed by atoms with E-state index in [0.717, 1.165) is 30.7 Å². The maximum Gasteiger partial charge on any atom is 0.416 e. The maximum absolute atomic E-state index is 12.5. The molecular formula is C15H22F3NO. The molecule has 1 rings (SSSR count). The van der Waals surface area contributed by atoms with Crippen LogP contribution in [0.25, 0.3) is 0 Å². The predicted octanol–water partition coefficient (Wildman–Crippen LogP) is 4.03. The van der Waals surface area contributed by atoms with Crippen LogP contribution in [0.1, 0.15) is 37.4 Å². The van der Waals surface area contributed by atoms with Crippen LogP contribution in [0.3, 0.4) is 0 Å². The molecule has 2 atom stereocenters. The average molecular weight is 289 g/mol. The summed E-state index contributed by atoms with van der Waals surface area (Å²) >= 11 is 0. The monoisotopic (exact) mass is 289 g/mol. The number of nitrogens with one attached hydrogen (secondary N) is 1. The molecule has 0 heterocycles. The molecule has 0 aliphatic heterocycles. The van der Waals surface area contributed by atoms with E-state index in [4.69, 9.17) is 4.74 Å². The first-order valence-corrected chi connectivity index (χ1v) is 6.78. The van der Waals surface area contributed by atoms with Crippen molar-refractivity contribution in [2.75, 3.05) is 20.3 Å². The van der Waals surface area contributed by atoms with Crippen molar-refractivity contribution in [1.29, 1.82) is 0 Å². The molecule has 2 unspecified atom stereocenters. The third-order valence-electron chi connectivity index (χ3n) is 3.18. The zero-order valence-corrected chi connectivity index (χ0v) is 12.1. The summed E-state index contributed by atoms with van der Waals surface area (Å²) in [5.41, 5.74) is 0.268. The quantitative estimate of drug-likeness (QED) is 0.818. The molecule has 114 valence electrons. The van der Waals surface area contributed by atoms with Crippen LogP contribution in [0.5, 0.6) is 0 Å². The smallest absolute Gasteiger partial charge is 0.384 e. The zero-order chi connectivity index (χ0) is 15.2. The van der Waals surface area contributed by atoms with Crippen molar-refractivity contribution in [3.05, 3.63) is 35.4 Å². The van der Waals surface area contributed by atoms with Gasteiger partial charge < -0.3 is 10.1 Å². The molecule has 0 bridgehead atoms. The van der Waals surface area contributed by atoms with Crippen LogP contribution < -0.4 is 5.32 Å². The first kappa shape index (κ1) is 17.0. The number of alkyl halides is 3. The molecule has 0 saturated carbocycles. The van der Waals surface area contributed by atoms with Crippen LogP contribution in [0, 0.1) is 5.92 Å². The Kier molecular flexibility index (Phi) is 6.49. The molecule has 20 heavy (non-hydrogen) atoms. The van der Waals surface area contributed by atoms with Crippen molar-refractivity contribution >= 4 is 0 Å². The lowest BCUT2D eigenvalue weighted by Gasteiger charge is -2.22. The highest BCUT2D eigenvalue weighted by Gasteiger charge is 2.30. The summed E-state index contributed by atoms with van der Waals surface area (Å²) in [5, 5.41) is 3.31. The predicted molar refractivity (Wildman–Crippen MR) is 73.5 cm³/mol. The van der Waals surface area contributed by atoms with Crippen LogP contribution in [0.2, 0.25) is 0 Å². The number of methoxy groups -OCH3 is 1. The summed E-state index contributed by atoms with van der Waals surface area (Å²) in [6, 6.07) is 5.43. The first-order valence-electron chi connectivity index (χ1n) is 6.78. The molecule has 2 nitrogen and oxygen atoms in total. The number of benzene rings is 1. The number of rotatable bonds is 7. The fourth-order valence-corrected chi connectivity index (χ4v) is 2.24. The van der Waals surface area contributed by atoms with Crippen molar-refractivity contribution < 1.29 is 17.9 Å². The minimum Gasteiger partial charge on any atom is -0.384 e. The van der Waals surface area contributed by atoms with Gasteiger partial charge in [0.2, 0.25) is 0 Å². The number of hydrogen-bond donors (Lipinski definition) is 1. The van der Waals surface area contributed by atoms with E-state index >= 15 is 0 Å². The largest absolute Gasteiger partial charge is 0.416 e.